The van der Waals surface area contributed by atoms with Crippen molar-refractivity contribution in [1.82, 2.24) is 9.97 Å². The number of benzene rings is 5. The molecule has 1 aliphatic rings. The van der Waals surface area contributed by atoms with E-state index in [1.165, 1.54) is 11.1 Å². The maximum Gasteiger partial charge on any atom is 0.141 e. The fourth-order valence-corrected chi connectivity index (χ4v) is 6.30. The third-order valence-corrected chi connectivity index (χ3v) is 8.04. The SMILES string of the molecule is c1ccc(C2(c3ccccc3)c3ccccc3Oc3c(-c4ccc5ccc6cccnc6c5n4)cccc32)cc1. The van der Waals surface area contributed by atoms with Crippen molar-refractivity contribution in [1.29, 1.82) is 0 Å². The van der Waals surface area contributed by atoms with Gasteiger partial charge in [-0.3, -0.25) is 4.98 Å². The summed E-state index contributed by atoms with van der Waals surface area (Å²) in [6.45, 7) is 0. The van der Waals surface area contributed by atoms with Crippen LogP contribution in [0.5, 0.6) is 11.5 Å². The maximum atomic E-state index is 6.81. The highest BCUT2D eigenvalue weighted by Gasteiger charge is 2.45. The van der Waals surface area contributed by atoms with Crippen molar-refractivity contribution in [2.45, 2.75) is 5.41 Å². The van der Waals surface area contributed by atoms with E-state index < -0.39 is 5.41 Å². The maximum absolute atomic E-state index is 6.81. The average Bonchev–Trinajstić information content (AvgIpc) is 3.04. The third-order valence-electron chi connectivity index (χ3n) is 8.04. The van der Waals surface area contributed by atoms with Gasteiger partial charge in [0, 0.05) is 33.7 Å². The van der Waals surface area contributed by atoms with Crippen LogP contribution < -0.4 is 4.74 Å². The van der Waals surface area contributed by atoms with E-state index in [1.54, 1.807) is 0 Å². The number of hydrogen-bond acceptors (Lipinski definition) is 3. The molecule has 5 aromatic carbocycles. The molecule has 0 radical (unpaired) electrons. The lowest BCUT2D eigenvalue weighted by Crippen LogP contribution is -2.34. The van der Waals surface area contributed by atoms with E-state index in [2.05, 4.69) is 132 Å². The summed E-state index contributed by atoms with van der Waals surface area (Å²) in [5, 5.41) is 2.14. The van der Waals surface area contributed by atoms with Gasteiger partial charge < -0.3 is 4.74 Å². The van der Waals surface area contributed by atoms with Gasteiger partial charge in [-0.1, -0.05) is 115 Å². The van der Waals surface area contributed by atoms with Crippen LogP contribution in [-0.4, -0.2) is 9.97 Å². The molecule has 3 nitrogen and oxygen atoms in total. The number of hydrogen-bond donors (Lipinski definition) is 0. The minimum absolute atomic E-state index is 0.562. The lowest BCUT2D eigenvalue weighted by atomic mass is 9.63. The van der Waals surface area contributed by atoms with E-state index in [-0.39, 0.29) is 0 Å². The number of ether oxygens (including phenoxy) is 1. The highest BCUT2D eigenvalue weighted by atomic mass is 16.5. The molecule has 2 aromatic heterocycles. The molecular formula is C37H24N2O. The second-order valence-corrected chi connectivity index (χ2v) is 10.2. The van der Waals surface area contributed by atoms with Crippen LogP contribution in [-0.2, 0) is 5.41 Å². The predicted octanol–water partition coefficient (Wildman–Crippen LogP) is 8.94. The first kappa shape index (κ1) is 22.7. The second-order valence-electron chi connectivity index (χ2n) is 10.2. The Balaban J connectivity index is 1.46. The van der Waals surface area contributed by atoms with Crippen LogP contribution >= 0.6 is 0 Å². The van der Waals surface area contributed by atoms with Gasteiger partial charge >= 0.3 is 0 Å². The second kappa shape index (κ2) is 8.89. The normalized spacial score (nSPS) is 13.4. The highest BCUT2D eigenvalue weighted by Crippen LogP contribution is 2.57. The summed E-state index contributed by atoms with van der Waals surface area (Å²) < 4.78 is 6.81. The number of nitrogens with zero attached hydrogens (tertiary/aromatic N) is 2. The van der Waals surface area contributed by atoms with Crippen LogP contribution in [0.2, 0.25) is 0 Å². The van der Waals surface area contributed by atoms with Crippen molar-refractivity contribution in [3.8, 4) is 22.8 Å². The zero-order valence-electron chi connectivity index (χ0n) is 21.7. The monoisotopic (exact) mass is 512 g/mol. The first-order chi connectivity index (χ1) is 19.8. The van der Waals surface area contributed by atoms with Crippen LogP contribution in [0.4, 0.5) is 0 Å². The summed E-state index contributed by atoms with van der Waals surface area (Å²) in [6.07, 6.45) is 1.83. The first-order valence-electron chi connectivity index (χ1n) is 13.5. The number of rotatable bonds is 3. The molecule has 0 atom stereocenters. The molecule has 0 spiro atoms. The molecule has 0 fully saturated rings. The van der Waals surface area contributed by atoms with Gasteiger partial charge in [-0.15, -0.1) is 0 Å². The lowest BCUT2D eigenvalue weighted by molar-refractivity contribution is 0.436. The van der Waals surface area contributed by atoms with Gasteiger partial charge in [-0.05, 0) is 35.4 Å². The molecule has 7 aromatic rings. The van der Waals surface area contributed by atoms with Gasteiger partial charge in [-0.25, -0.2) is 4.98 Å². The van der Waals surface area contributed by atoms with Gasteiger partial charge in [0.2, 0.25) is 0 Å². The predicted molar refractivity (Wildman–Crippen MR) is 161 cm³/mol. The fourth-order valence-electron chi connectivity index (χ4n) is 6.30. The summed E-state index contributed by atoms with van der Waals surface area (Å²) in [5.41, 5.74) is 7.65. The highest BCUT2D eigenvalue weighted by molar-refractivity contribution is 6.03. The molecule has 0 saturated carbocycles. The van der Waals surface area contributed by atoms with Crippen LogP contribution in [0, 0.1) is 0 Å². The smallest absolute Gasteiger partial charge is 0.141 e. The Morgan fingerprint density at radius 1 is 0.500 bits per heavy atom. The lowest BCUT2D eigenvalue weighted by Gasteiger charge is -2.42. The van der Waals surface area contributed by atoms with Crippen LogP contribution in [0.25, 0.3) is 33.1 Å². The Morgan fingerprint density at radius 2 is 1.15 bits per heavy atom. The van der Waals surface area contributed by atoms with Gasteiger partial charge in [0.05, 0.1) is 22.1 Å². The van der Waals surface area contributed by atoms with E-state index in [4.69, 9.17) is 9.72 Å². The molecule has 0 unspecified atom stereocenters. The molecule has 0 N–H and O–H groups in total. The summed E-state index contributed by atoms with van der Waals surface area (Å²) >= 11 is 0. The molecular weight excluding hydrogens is 488 g/mol. The average molecular weight is 513 g/mol. The van der Waals surface area contributed by atoms with E-state index in [9.17, 15) is 0 Å². The quantitative estimate of drug-likeness (QED) is 0.222. The zero-order chi connectivity index (χ0) is 26.5. The van der Waals surface area contributed by atoms with Gasteiger partial charge in [-0.2, -0.15) is 0 Å². The summed E-state index contributed by atoms with van der Waals surface area (Å²) in [6, 6.07) is 48.8. The van der Waals surface area contributed by atoms with Crippen LogP contribution in [0.1, 0.15) is 22.3 Å². The van der Waals surface area contributed by atoms with Gasteiger partial charge in [0.15, 0.2) is 0 Å². The molecule has 0 aliphatic carbocycles. The van der Waals surface area contributed by atoms with Gasteiger partial charge in [0.25, 0.3) is 0 Å². The molecule has 3 heterocycles. The zero-order valence-corrected chi connectivity index (χ0v) is 21.7. The molecule has 188 valence electrons. The number of pyridine rings is 2. The minimum atomic E-state index is -0.562. The largest absolute Gasteiger partial charge is 0.456 e. The van der Waals surface area contributed by atoms with Crippen molar-refractivity contribution in [2.75, 3.05) is 0 Å². The Labute approximate surface area is 232 Å². The molecule has 8 rings (SSSR count). The minimum Gasteiger partial charge on any atom is -0.456 e. The van der Waals surface area contributed by atoms with Crippen molar-refractivity contribution in [2.24, 2.45) is 0 Å². The van der Waals surface area contributed by atoms with Crippen molar-refractivity contribution >= 4 is 21.8 Å². The summed E-state index contributed by atoms with van der Waals surface area (Å²) in [4.78, 5) is 9.86. The number of fused-ring (bicyclic) bond motifs is 5. The summed E-state index contributed by atoms with van der Waals surface area (Å²) in [7, 11) is 0. The molecule has 0 amide bonds. The molecule has 0 bridgehead atoms. The number of para-hydroxylation sites is 2. The number of aromatic nitrogens is 2. The molecule has 40 heavy (non-hydrogen) atoms. The van der Waals surface area contributed by atoms with E-state index in [0.29, 0.717) is 0 Å². The Morgan fingerprint density at radius 3 is 1.93 bits per heavy atom. The fraction of sp³-hybridized carbons (Fsp3) is 0.0270. The Hall–Kier alpha value is -5.28. The first-order valence-corrected chi connectivity index (χ1v) is 13.5. The molecule has 1 aliphatic heterocycles. The third kappa shape index (κ3) is 3.25. The Kier molecular flexibility index (Phi) is 5.04. The van der Waals surface area contributed by atoms with Crippen molar-refractivity contribution in [3.05, 3.63) is 168 Å². The molecule has 0 saturated heterocycles. The Bertz CT molecular complexity index is 1990. The van der Waals surface area contributed by atoms with Crippen molar-refractivity contribution < 1.29 is 4.74 Å². The topological polar surface area (TPSA) is 35.0 Å². The van der Waals surface area contributed by atoms with E-state index in [0.717, 1.165) is 55.7 Å². The molecule has 3 heteroatoms. The van der Waals surface area contributed by atoms with Crippen LogP contribution in [0.3, 0.4) is 0 Å². The standard InChI is InChI=1S/C37H24N2O/c1-3-12-27(13-4-1)37(28-14-5-2-6-15-28)30-17-7-8-19-33(30)40-36-29(16-9-18-31(36)37)32-23-22-26-21-20-25-11-10-24-38-34(25)35(26)39-32/h1-24H. The van der Waals surface area contributed by atoms with E-state index in [1.807, 2.05) is 18.3 Å². The van der Waals surface area contributed by atoms with E-state index >= 15 is 0 Å². The summed E-state index contributed by atoms with van der Waals surface area (Å²) in [5.74, 6) is 1.68. The van der Waals surface area contributed by atoms with Gasteiger partial charge in [0.1, 0.15) is 11.5 Å². The van der Waals surface area contributed by atoms with Crippen molar-refractivity contribution in [3.63, 3.8) is 0 Å². The van der Waals surface area contributed by atoms with Crippen LogP contribution in [0.15, 0.2) is 146 Å².